The van der Waals surface area contributed by atoms with Gasteiger partial charge in [0.05, 0.1) is 10.6 Å². The Balaban J connectivity index is 2.49. The van der Waals surface area contributed by atoms with Gasteiger partial charge in [-0.3, -0.25) is 14.9 Å². The zero-order valence-electron chi connectivity index (χ0n) is 8.29. The van der Waals surface area contributed by atoms with Crippen molar-refractivity contribution in [3.8, 4) is 11.3 Å². The van der Waals surface area contributed by atoms with Crippen molar-refractivity contribution >= 4 is 34.9 Å². The van der Waals surface area contributed by atoms with E-state index in [1.165, 1.54) is 23.5 Å². The molecule has 0 aliphatic carbocycles. The summed E-state index contributed by atoms with van der Waals surface area (Å²) < 4.78 is 0. The van der Waals surface area contributed by atoms with Gasteiger partial charge in [-0.25, -0.2) is 4.98 Å². The van der Waals surface area contributed by atoms with Gasteiger partial charge in [0.2, 0.25) is 0 Å². The number of nitro groups is 1. The summed E-state index contributed by atoms with van der Waals surface area (Å²) in [6.07, 6.45) is 0.637. The van der Waals surface area contributed by atoms with Gasteiger partial charge in [0, 0.05) is 17.0 Å². The molecule has 7 heteroatoms. The normalized spacial score (nSPS) is 10.2. The van der Waals surface area contributed by atoms with Crippen molar-refractivity contribution in [3.63, 3.8) is 0 Å². The van der Waals surface area contributed by atoms with Crippen molar-refractivity contribution in [1.29, 1.82) is 0 Å². The summed E-state index contributed by atoms with van der Waals surface area (Å²) >= 11 is 6.88. The predicted octanol–water partition coefficient (Wildman–Crippen LogP) is 3.18. The van der Waals surface area contributed by atoms with Gasteiger partial charge in [-0.15, -0.1) is 11.3 Å². The lowest BCUT2D eigenvalue weighted by molar-refractivity contribution is -0.384. The molecule has 2 aromatic rings. The second-order valence-corrected chi connectivity index (χ2v) is 4.41. The van der Waals surface area contributed by atoms with Gasteiger partial charge in [-0.1, -0.05) is 17.7 Å². The zero-order valence-corrected chi connectivity index (χ0v) is 9.86. The molecule has 0 unspecified atom stereocenters. The van der Waals surface area contributed by atoms with E-state index in [9.17, 15) is 14.9 Å². The van der Waals surface area contributed by atoms with Crippen molar-refractivity contribution < 1.29 is 9.72 Å². The molecule has 86 valence electrons. The number of nitrogens with zero attached hydrogens (tertiary/aromatic N) is 2. The Morgan fingerprint density at radius 3 is 2.82 bits per heavy atom. The van der Waals surface area contributed by atoms with Crippen LogP contribution in [-0.2, 0) is 0 Å². The molecule has 0 saturated carbocycles. The number of nitro benzene ring substituents is 1. The second kappa shape index (κ2) is 4.60. The number of hydrogen-bond donors (Lipinski definition) is 0. The molecule has 0 aliphatic rings. The summed E-state index contributed by atoms with van der Waals surface area (Å²) in [5, 5.41) is 12.8. The van der Waals surface area contributed by atoms with Gasteiger partial charge >= 0.3 is 0 Å². The summed E-state index contributed by atoms with van der Waals surface area (Å²) in [7, 11) is 0. The van der Waals surface area contributed by atoms with E-state index in [0.717, 1.165) is 0 Å². The molecule has 0 aliphatic heterocycles. The van der Waals surface area contributed by atoms with Crippen LogP contribution >= 0.6 is 22.9 Å². The van der Waals surface area contributed by atoms with E-state index in [1.807, 2.05) is 0 Å². The molecule has 0 N–H and O–H groups in total. The minimum Gasteiger partial charge on any atom is -0.295 e. The lowest BCUT2D eigenvalue weighted by Crippen LogP contribution is -1.90. The van der Waals surface area contributed by atoms with Gasteiger partial charge in [-0.05, 0) is 6.07 Å². The summed E-state index contributed by atoms with van der Waals surface area (Å²) in [6.45, 7) is 0. The maximum atomic E-state index is 10.7. The molecular weight excluding hydrogens is 264 g/mol. The molecule has 2 rings (SSSR count). The van der Waals surface area contributed by atoms with Gasteiger partial charge < -0.3 is 0 Å². The summed E-state index contributed by atoms with van der Waals surface area (Å²) in [4.78, 5) is 24.7. The van der Waals surface area contributed by atoms with Crippen molar-refractivity contribution in [1.82, 2.24) is 4.98 Å². The van der Waals surface area contributed by atoms with E-state index >= 15 is 0 Å². The Morgan fingerprint density at radius 2 is 2.24 bits per heavy atom. The highest BCUT2D eigenvalue weighted by atomic mass is 35.5. The zero-order chi connectivity index (χ0) is 12.4. The summed E-state index contributed by atoms with van der Waals surface area (Å²) in [5.74, 6) is 0. The first kappa shape index (κ1) is 11.7. The van der Waals surface area contributed by atoms with Gasteiger partial charge in [0.1, 0.15) is 5.02 Å². The molecule has 0 bridgehead atoms. The largest absolute Gasteiger partial charge is 0.295 e. The number of halogens is 1. The van der Waals surface area contributed by atoms with Crippen molar-refractivity contribution in [2.45, 2.75) is 0 Å². The van der Waals surface area contributed by atoms with Crippen LogP contribution < -0.4 is 0 Å². The van der Waals surface area contributed by atoms with E-state index in [2.05, 4.69) is 4.98 Å². The molecule has 1 aromatic carbocycles. The third kappa shape index (κ3) is 2.32. The van der Waals surface area contributed by atoms with Gasteiger partial charge in [-0.2, -0.15) is 0 Å². The molecule has 0 amide bonds. The Morgan fingerprint density at radius 1 is 1.47 bits per heavy atom. The Labute approximate surface area is 105 Å². The maximum absolute atomic E-state index is 10.7. The molecule has 1 aromatic heterocycles. The average Bonchev–Trinajstić information content (AvgIpc) is 2.78. The molecular formula is C10H5ClN2O3S. The Hall–Kier alpha value is -1.79. The van der Waals surface area contributed by atoms with Crippen LogP contribution in [0.15, 0.2) is 23.6 Å². The van der Waals surface area contributed by atoms with Crippen LogP contribution in [-0.4, -0.2) is 16.2 Å². The molecule has 0 radical (unpaired) electrons. The number of thiazole rings is 1. The third-order valence-corrected chi connectivity index (χ3v) is 3.15. The van der Waals surface area contributed by atoms with E-state index < -0.39 is 4.92 Å². The quantitative estimate of drug-likeness (QED) is 0.487. The number of benzene rings is 1. The van der Waals surface area contributed by atoms with Crippen LogP contribution in [0, 0.1) is 10.1 Å². The fraction of sp³-hybridized carbons (Fsp3) is 0. The lowest BCUT2D eigenvalue weighted by atomic mass is 10.1. The fourth-order valence-corrected chi connectivity index (χ4v) is 2.10. The first-order valence-electron chi connectivity index (χ1n) is 4.47. The fourth-order valence-electron chi connectivity index (χ4n) is 1.29. The summed E-state index contributed by atoms with van der Waals surface area (Å²) in [5.41, 5.74) is 0.909. The van der Waals surface area contributed by atoms with Crippen LogP contribution in [0.25, 0.3) is 11.3 Å². The molecule has 0 saturated heterocycles. The van der Waals surface area contributed by atoms with Crippen LogP contribution in [0.4, 0.5) is 5.69 Å². The number of hydrogen-bond acceptors (Lipinski definition) is 5. The SMILES string of the molecule is O=Cc1nc(-c2ccc(Cl)c([N+](=O)[O-])c2)cs1. The number of carbonyl (C=O) groups is 1. The van der Waals surface area contributed by atoms with Crippen molar-refractivity contribution in [2.24, 2.45) is 0 Å². The molecule has 0 fully saturated rings. The highest BCUT2D eigenvalue weighted by Gasteiger charge is 2.14. The van der Waals surface area contributed by atoms with Gasteiger partial charge in [0.15, 0.2) is 11.3 Å². The van der Waals surface area contributed by atoms with Gasteiger partial charge in [0.25, 0.3) is 5.69 Å². The third-order valence-electron chi connectivity index (χ3n) is 2.06. The van der Waals surface area contributed by atoms with E-state index in [1.54, 1.807) is 11.4 Å². The van der Waals surface area contributed by atoms with Crippen LogP contribution in [0.5, 0.6) is 0 Å². The number of aldehydes is 1. The topological polar surface area (TPSA) is 73.1 Å². The lowest BCUT2D eigenvalue weighted by Gasteiger charge is -1.98. The average molecular weight is 269 g/mol. The molecule has 17 heavy (non-hydrogen) atoms. The molecule has 5 nitrogen and oxygen atoms in total. The first-order chi connectivity index (χ1) is 8.11. The van der Waals surface area contributed by atoms with E-state index in [4.69, 9.17) is 11.6 Å². The summed E-state index contributed by atoms with van der Waals surface area (Å²) in [6, 6.07) is 4.40. The second-order valence-electron chi connectivity index (χ2n) is 3.11. The number of aromatic nitrogens is 1. The molecule has 1 heterocycles. The van der Waals surface area contributed by atoms with E-state index in [-0.39, 0.29) is 10.7 Å². The number of carbonyl (C=O) groups excluding carboxylic acids is 1. The first-order valence-corrected chi connectivity index (χ1v) is 5.72. The van der Waals surface area contributed by atoms with Crippen molar-refractivity contribution in [2.75, 3.05) is 0 Å². The van der Waals surface area contributed by atoms with Crippen LogP contribution in [0.1, 0.15) is 9.80 Å². The maximum Gasteiger partial charge on any atom is 0.288 e. The number of rotatable bonds is 3. The van der Waals surface area contributed by atoms with Crippen LogP contribution in [0.2, 0.25) is 5.02 Å². The van der Waals surface area contributed by atoms with Crippen molar-refractivity contribution in [3.05, 3.63) is 43.7 Å². The highest BCUT2D eigenvalue weighted by Crippen LogP contribution is 2.30. The molecule has 0 spiro atoms. The van der Waals surface area contributed by atoms with Crippen LogP contribution in [0.3, 0.4) is 0 Å². The smallest absolute Gasteiger partial charge is 0.288 e. The van der Waals surface area contributed by atoms with E-state index in [0.29, 0.717) is 22.6 Å². The molecule has 0 atom stereocenters. The predicted molar refractivity (Wildman–Crippen MR) is 64.6 cm³/mol. The highest BCUT2D eigenvalue weighted by molar-refractivity contribution is 7.11. The minimum atomic E-state index is -0.557. The Bertz CT molecular complexity index is 597. The Kier molecular flexibility index (Phi) is 3.16. The monoisotopic (exact) mass is 268 g/mol. The standard InChI is InChI=1S/C10H5ClN2O3S/c11-7-2-1-6(3-9(7)13(15)16)8-5-17-10(4-14)12-8/h1-5H. The minimum absolute atomic E-state index is 0.0737.